The van der Waals surface area contributed by atoms with Crippen LogP contribution in [0, 0.1) is 0 Å². The minimum absolute atomic E-state index is 1.80. The molecule has 0 aromatic heterocycles. The van der Waals surface area contributed by atoms with Crippen molar-refractivity contribution in [3.63, 3.8) is 0 Å². The monoisotopic (exact) mass is 424 g/mol. The van der Waals surface area contributed by atoms with Crippen molar-refractivity contribution in [3.8, 4) is 0 Å². The third kappa shape index (κ3) is 4.68. The molecule has 0 aliphatic heterocycles. The number of hydrogen-bond donors (Lipinski definition) is 0. The highest BCUT2D eigenvalue weighted by Gasteiger charge is 2.79. The van der Waals surface area contributed by atoms with Crippen LogP contribution in [0.2, 0.25) is 0 Å². The first-order valence-corrected chi connectivity index (χ1v) is 7.04. The maximum Gasteiger partial charge on any atom is 0.462 e. The van der Waals surface area contributed by atoms with Gasteiger partial charge in [-0.05, 0) is 0 Å². The van der Waals surface area contributed by atoms with Gasteiger partial charge < -0.3 is 0 Å². The van der Waals surface area contributed by atoms with Crippen LogP contribution in [0.3, 0.4) is 0 Å². The van der Waals surface area contributed by atoms with Crippen LogP contribution < -0.4 is 0 Å². The van der Waals surface area contributed by atoms with Crippen molar-refractivity contribution in [1.29, 1.82) is 0 Å². The lowest BCUT2D eigenvalue weighted by Crippen LogP contribution is -2.62. The molecule has 0 aliphatic carbocycles. The van der Waals surface area contributed by atoms with E-state index >= 15 is 0 Å². The molecule has 0 fully saturated rings. The Kier molecular flexibility index (Phi) is 6.15. The lowest BCUT2D eigenvalue weighted by atomic mass is 10.2. The fourth-order valence-corrected chi connectivity index (χ4v) is 1.67. The number of hydrogen-bond acceptors (Lipinski definition) is 4. The second-order valence-electron chi connectivity index (χ2n) is 4.20. The molecular weight excluding hydrogens is 420 g/mol. The Balaban J connectivity index is 6.07. The van der Waals surface area contributed by atoms with Gasteiger partial charge >= 0.3 is 30.2 Å². The molecule has 150 valence electrons. The van der Waals surface area contributed by atoms with E-state index in [1.54, 1.807) is 4.74 Å². The molecule has 1 atom stereocenters. The summed E-state index contributed by atoms with van der Waals surface area (Å²) in [5.74, 6) is -20.4. The lowest BCUT2D eigenvalue weighted by molar-refractivity contribution is -0.472. The Hall–Kier alpha value is -1.26. The number of sulfone groups is 1. The normalized spacial score (nSPS) is 17.3. The molecule has 0 amide bonds. The van der Waals surface area contributed by atoms with E-state index in [1.165, 1.54) is 0 Å². The van der Waals surface area contributed by atoms with Gasteiger partial charge in [0.2, 0.25) is 5.78 Å². The standard InChI is InChI=1S/C8H4F12O4S/c9-2-25(22,23)1-3(21)4(10,6(13,14)15)24-8(19,20)5(11,12)7(16,17)18/h1-2H2. The fourth-order valence-electron chi connectivity index (χ4n) is 1.01. The van der Waals surface area contributed by atoms with Crippen molar-refractivity contribution in [2.75, 3.05) is 11.8 Å². The molecule has 0 radical (unpaired) electrons. The first-order valence-electron chi connectivity index (χ1n) is 5.22. The Morgan fingerprint density at radius 3 is 1.48 bits per heavy atom. The Morgan fingerprint density at radius 2 is 1.20 bits per heavy atom. The van der Waals surface area contributed by atoms with Crippen LogP contribution >= 0.6 is 0 Å². The van der Waals surface area contributed by atoms with Crippen LogP contribution in [0.25, 0.3) is 0 Å². The molecule has 0 rings (SSSR count). The van der Waals surface area contributed by atoms with Gasteiger partial charge in [0.05, 0.1) is 0 Å². The molecule has 0 aromatic rings. The highest BCUT2D eigenvalue weighted by molar-refractivity contribution is 7.91. The first kappa shape index (κ1) is 23.7. The van der Waals surface area contributed by atoms with E-state index in [0.717, 1.165) is 0 Å². The molecule has 0 aromatic carbocycles. The molecule has 0 saturated heterocycles. The number of Topliss-reactive ketones (excluding diaryl/α,β-unsaturated/α-hetero) is 1. The van der Waals surface area contributed by atoms with E-state index in [1.807, 2.05) is 0 Å². The van der Waals surface area contributed by atoms with E-state index < -0.39 is 57.6 Å². The predicted molar refractivity (Wildman–Crippen MR) is 51.7 cm³/mol. The van der Waals surface area contributed by atoms with Crippen LogP contribution in [-0.2, 0) is 19.4 Å². The maximum absolute atomic E-state index is 13.5. The summed E-state index contributed by atoms with van der Waals surface area (Å²) in [5.41, 5.74) is 0. The molecule has 1 unspecified atom stereocenters. The van der Waals surface area contributed by atoms with Crippen LogP contribution in [0.1, 0.15) is 0 Å². The Morgan fingerprint density at radius 1 is 0.800 bits per heavy atom. The number of alkyl halides is 12. The SMILES string of the molecule is O=C(CS(=O)(=O)CF)C(F)(OC(F)(F)C(F)(F)C(F)(F)F)C(F)(F)F. The van der Waals surface area contributed by atoms with Crippen LogP contribution in [-0.4, -0.2) is 56.2 Å². The Labute approximate surface area is 129 Å². The van der Waals surface area contributed by atoms with E-state index in [9.17, 15) is 65.9 Å². The number of ether oxygens (including phenoxy) is 1. The van der Waals surface area contributed by atoms with Gasteiger partial charge in [0, 0.05) is 0 Å². The zero-order valence-electron chi connectivity index (χ0n) is 11.0. The van der Waals surface area contributed by atoms with Gasteiger partial charge in [-0.15, -0.1) is 0 Å². The van der Waals surface area contributed by atoms with Crippen molar-refractivity contribution < 1.29 is 70.6 Å². The lowest BCUT2D eigenvalue weighted by Gasteiger charge is -2.34. The van der Waals surface area contributed by atoms with E-state index in [2.05, 4.69) is 0 Å². The average Bonchev–Trinajstić information content (AvgIpc) is 2.34. The highest BCUT2D eigenvalue weighted by Crippen LogP contribution is 2.51. The molecule has 0 aliphatic rings. The minimum Gasteiger partial charge on any atom is -0.292 e. The van der Waals surface area contributed by atoms with Crippen molar-refractivity contribution in [2.24, 2.45) is 0 Å². The van der Waals surface area contributed by atoms with Crippen molar-refractivity contribution in [2.45, 2.75) is 30.2 Å². The molecule has 0 heterocycles. The van der Waals surface area contributed by atoms with E-state index in [4.69, 9.17) is 0 Å². The summed E-state index contributed by atoms with van der Waals surface area (Å²) in [7, 11) is -5.47. The van der Waals surface area contributed by atoms with Gasteiger partial charge in [-0.3, -0.25) is 9.53 Å². The van der Waals surface area contributed by atoms with Gasteiger partial charge in [0.1, 0.15) is 5.75 Å². The molecule has 25 heavy (non-hydrogen) atoms. The second-order valence-corrected chi connectivity index (χ2v) is 6.20. The zero-order chi connectivity index (χ0) is 20.7. The molecular formula is C8H4F12O4S. The maximum atomic E-state index is 13.5. The molecule has 0 N–H and O–H groups in total. The summed E-state index contributed by atoms with van der Waals surface area (Å²) < 4.78 is 171. The van der Waals surface area contributed by atoms with Crippen molar-refractivity contribution in [3.05, 3.63) is 0 Å². The van der Waals surface area contributed by atoms with E-state index in [-0.39, 0.29) is 0 Å². The molecule has 4 nitrogen and oxygen atoms in total. The highest BCUT2D eigenvalue weighted by atomic mass is 32.2. The summed E-state index contributed by atoms with van der Waals surface area (Å²) in [6, 6.07) is -2.60. The van der Waals surface area contributed by atoms with Crippen molar-refractivity contribution in [1.82, 2.24) is 0 Å². The first-order chi connectivity index (χ1) is 10.6. The van der Waals surface area contributed by atoms with Crippen LogP contribution in [0.5, 0.6) is 0 Å². The largest absolute Gasteiger partial charge is 0.462 e. The third-order valence-corrected chi connectivity index (χ3v) is 3.27. The van der Waals surface area contributed by atoms with Crippen LogP contribution in [0.4, 0.5) is 52.7 Å². The second kappa shape index (κ2) is 6.48. The topological polar surface area (TPSA) is 60.4 Å². The third-order valence-electron chi connectivity index (χ3n) is 2.23. The number of halogens is 12. The van der Waals surface area contributed by atoms with Gasteiger partial charge in [-0.25, -0.2) is 12.8 Å². The van der Waals surface area contributed by atoms with Gasteiger partial charge in [0.15, 0.2) is 15.8 Å². The summed E-state index contributed by atoms with van der Waals surface area (Å²) >= 11 is 0. The predicted octanol–water partition coefficient (Wildman–Crippen LogP) is 2.93. The summed E-state index contributed by atoms with van der Waals surface area (Å²) in [6.07, 6.45) is -21.5. The number of carbonyl (C=O) groups excluding carboxylic acids is 1. The van der Waals surface area contributed by atoms with Gasteiger partial charge in [-0.1, -0.05) is 0 Å². The molecule has 0 spiro atoms. The molecule has 0 saturated carbocycles. The number of carbonyl (C=O) groups is 1. The van der Waals surface area contributed by atoms with Gasteiger partial charge in [0.25, 0.3) is 0 Å². The van der Waals surface area contributed by atoms with Gasteiger partial charge in [-0.2, -0.15) is 48.3 Å². The molecule has 17 heteroatoms. The smallest absolute Gasteiger partial charge is 0.292 e. The minimum atomic E-state index is -7.40. The van der Waals surface area contributed by atoms with E-state index in [0.29, 0.717) is 0 Å². The summed E-state index contributed by atoms with van der Waals surface area (Å²) in [5, 5.41) is 0. The Bertz CT molecular complexity index is 606. The molecule has 0 bridgehead atoms. The van der Waals surface area contributed by atoms with Crippen LogP contribution in [0.15, 0.2) is 0 Å². The summed E-state index contributed by atoms with van der Waals surface area (Å²) in [6.45, 7) is 0. The zero-order valence-corrected chi connectivity index (χ0v) is 11.8. The number of ketones is 1. The number of rotatable bonds is 7. The van der Waals surface area contributed by atoms with Crippen molar-refractivity contribution >= 4 is 15.6 Å². The average molecular weight is 424 g/mol. The fraction of sp³-hybridized carbons (Fsp3) is 0.875. The quantitative estimate of drug-likeness (QED) is 0.590. The summed E-state index contributed by atoms with van der Waals surface area (Å²) in [4.78, 5) is 10.9.